The number of nitrogens with zero attached hydrogens (tertiary/aromatic N) is 2. The molecule has 2 aromatic rings. The second-order valence-corrected chi connectivity index (χ2v) is 7.42. The molecular weight excluding hydrogens is 427 g/mol. The summed E-state index contributed by atoms with van der Waals surface area (Å²) in [6.07, 6.45) is -0.388. The molecule has 7 nitrogen and oxygen atoms in total. The van der Waals surface area contributed by atoms with Crippen molar-refractivity contribution < 1.29 is 32.2 Å². The minimum atomic E-state index is -3.33. The van der Waals surface area contributed by atoms with Crippen LogP contribution in [0, 0.1) is 0 Å². The zero-order valence-electron chi connectivity index (χ0n) is 17.3. The number of ether oxygens (including phenoxy) is 3. The van der Waals surface area contributed by atoms with Crippen molar-refractivity contribution in [2.45, 2.75) is 38.0 Å². The fourth-order valence-corrected chi connectivity index (χ4v) is 3.39. The van der Waals surface area contributed by atoms with Crippen molar-refractivity contribution in [3.8, 4) is 5.75 Å². The van der Waals surface area contributed by atoms with Crippen LogP contribution in [0.1, 0.15) is 46.9 Å². The number of carbonyl (C=O) groups excluding carboxylic acids is 1. The molecule has 1 atom stereocenters. The first kappa shape index (κ1) is 22.1. The Bertz CT molecular complexity index is 1030. The van der Waals surface area contributed by atoms with Crippen LogP contribution in [0.4, 0.5) is 24.7 Å². The molecule has 2 heterocycles. The zero-order valence-corrected chi connectivity index (χ0v) is 17.3. The third-order valence-electron chi connectivity index (χ3n) is 5.17. The summed E-state index contributed by atoms with van der Waals surface area (Å²) in [6.45, 7) is 0.790. The molecule has 0 radical (unpaired) electrons. The van der Waals surface area contributed by atoms with E-state index in [2.05, 4.69) is 15.3 Å². The lowest BCUT2D eigenvalue weighted by Crippen LogP contribution is -2.21. The van der Waals surface area contributed by atoms with Gasteiger partial charge in [0, 0.05) is 11.5 Å². The molecule has 0 amide bonds. The maximum absolute atomic E-state index is 13.9. The van der Waals surface area contributed by atoms with E-state index in [-0.39, 0.29) is 28.9 Å². The Balaban J connectivity index is 1.74. The molecule has 1 N–H and O–H groups in total. The Morgan fingerprint density at radius 2 is 2.09 bits per heavy atom. The van der Waals surface area contributed by atoms with Gasteiger partial charge in [-0.3, -0.25) is 0 Å². The number of methoxy groups -OCH3 is 1. The number of para-hydroxylation sites is 1. The Hall–Kier alpha value is -3.14. The van der Waals surface area contributed by atoms with Crippen LogP contribution in [-0.2, 0) is 9.47 Å². The van der Waals surface area contributed by atoms with E-state index in [0.717, 1.165) is 18.4 Å². The van der Waals surface area contributed by atoms with E-state index in [1.54, 1.807) is 24.4 Å². The van der Waals surface area contributed by atoms with Crippen molar-refractivity contribution in [3.05, 3.63) is 47.4 Å². The first-order chi connectivity index (χ1) is 15.5. The molecule has 1 aliphatic heterocycles. The Labute approximate surface area is 182 Å². The highest BCUT2D eigenvalue weighted by molar-refractivity contribution is 5.93. The molecule has 4 rings (SSSR count). The summed E-state index contributed by atoms with van der Waals surface area (Å²) in [5.41, 5.74) is 2.01. The molecule has 1 saturated carbocycles. The number of aromatic nitrogens is 2. The third kappa shape index (κ3) is 4.85. The van der Waals surface area contributed by atoms with Gasteiger partial charge in [-0.25, -0.2) is 23.5 Å². The van der Waals surface area contributed by atoms with Crippen molar-refractivity contribution in [1.82, 2.24) is 9.97 Å². The molecule has 1 unspecified atom stereocenters. The third-order valence-corrected chi connectivity index (χ3v) is 5.17. The van der Waals surface area contributed by atoms with Gasteiger partial charge in [0.2, 0.25) is 0 Å². The van der Waals surface area contributed by atoms with Crippen LogP contribution in [0.25, 0.3) is 5.57 Å². The fraction of sp³-hybridized carbons (Fsp3) is 0.409. The lowest BCUT2D eigenvalue weighted by atomic mass is 9.99. The zero-order chi connectivity index (χ0) is 22.7. The van der Waals surface area contributed by atoms with Gasteiger partial charge in [-0.05, 0) is 30.9 Å². The van der Waals surface area contributed by atoms with Crippen molar-refractivity contribution in [3.63, 3.8) is 0 Å². The number of esters is 1. The summed E-state index contributed by atoms with van der Waals surface area (Å²) in [4.78, 5) is 21.0. The van der Waals surface area contributed by atoms with E-state index in [9.17, 15) is 18.0 Å². The second kappa shape index (κ2) is 9.56. The maximum Gasteiger partial charge on any atom is 0.360 e. The minimum absolute atomic E-state index is 0.0517. The van der Waals surface area contributed by atoms with Gasteiger partial charge in [0.25, 0.3) is 6.36 Å². The van der Waals surface area contributed by atoms with Crippen molar-refractivity contribution in [1.29, 1.82) is 0 Å². The molecule has 0 saturated heterocycles. The van der Waals surface area contributed by atoms with Gasteiger partial charge in [-0.15, -0.1) is 0 Å². The van der Waals surface area contributed by atoms with E-state index >= 15 is 0 Å². The smallest absolute Gasteiger partial charge is 0.360 e. The molecule has 1 aromatic heterocycles. The lowest BCUT2D eigenvalue weighted by Gasteiger charge is -2.22. The number of carbonyl (C=O) groups is 1. The summed E-state index contributed by atoms with van der Waals surface area (Å²) >= 11 is 0. The van der Waals surface area contributed by atoms with E-state index in [0.29, 0.717) is 30.9 Å². The molecule has 10 heteroatoms. The van der Waals surface area contributed by atoms with Gasteiger partial charge in [-0.1, -0.05) is 18.2 Å². The van der Waals surface area contributed by atoms with Crippen molar-refractivity contribution >= 4 is 23.0 Å². The Morgan fingerprint density at radius 1 is 1.28 bits per heavy atom. The van der Waals surface area contributed by atoms with Crippen LogP contribution in [-0.4, -0.2) is 49.0 Å². The summed E-state index contributed by atoms with van der Waals surface area (Å²) in [5.74, 6) is -0.515. The highest BCUT2D eigenvalue weighted by Gasteiger charge is 2.29. The van der Waals surface area contributed by atoms with Gasteiger partial charge >= 0.3 is 12.4 Å². The number of hydrogen-bond donors (Lipinski definition) is 1. The SMILES string of the molecule is COC(=O)c1nc(C2CC2)cnc1Nc1cccc(C2=CCOCC2)c1OC(F)C(F)F. The molecule has 1 aromatic carbocycles. The Kier molecular flexibility index (Phi) is 6.59. The van der Waals surface area contributed by atoms with Crippen LogP contribution in [0.3, 0.4) is 0 Å². The number of alkyl halides is 3. The fourth-order valence-electron chi connectivity index (χ4n) is 3.39. The molecule has 2 aliphatic rings. The summed E-state index contributed by atoms with van der Waals surface area (Å²) in [6, 6.07) is 4.84. The highest BCUT2D eigenvalue weighted by atomic mass is 19.3. The lowest BCUT2D eigenvalue weighted by molar-refractivity contribution is -0.0666. The first-order valence-corrected chi connectivity index (χ1v) is 10.2. The predicted octanol–water partition coefficient (Wildman–Crippen LogP) is 4.63. The number of benzene rings is 1. The van der Waals surface area contributed by atoms with Gasteiger partial charge in [0.05, 0.1) is 37.9 Å². The average molecular weight is 449 g/mol. The second-order valence-electron chi connectivity index (χ2n) is 7.42. The molecular formula is C22H22F3N3O4. The Morgan fingerprint density at radius 3 is 2.75 bits per heavy atom. The topological polar surface area (TPSA) is 82.6 Å². The molecule has 0 spiro atoms. The van der Waals surface area contributed by atoms with Gasteiger partial charge < -0.3 is 19.5 Å². The normalized spacial score (nSPS) is 17.0. The highest BCUT2D eigenvalue weighted by Crippen LogP contribution is 2.41. The number of halogens is 3. The first-order valence-electron chi connectivity index (χ1n) is 10.2. The number of nitrogens with one attached hydrogen (secondary N) is 1. The molecule has 32 heavy (non-hydrogen) atoms. The van der Waals surface area contributed by atoms with Crippen LogP contribution >= 0.6 is 0 Å². The number of hydrogen-bond acceptors (Lipinski definition) is 7. The largest absolute Gasteiger partial charge is 0.464 e. The van der Waals surface area contributed by atoms with Crippen LogP contribution in [0.15, 0.2) is 30.5 Å². The average Bonchev–Trinajstić information content (AvgIpc) is 3.66. The van der Waals surface area contributed by atoms with Crippen molar-refractivity contribution in [2.24, 2.45) is 0 Å². The van der Waals surface area contributed by atoms with E-state index < -0.39 is 18.8 Å². The van der Waals surface area contributed by atoms with Crippen LogP contribution < -0.4 is 10.1 Å². The van der Waals surface area contributed by atoms with E-state index in [4.69, 9.17) is 14.2 Å². The summed E-state index contributed by atoms with van der Waals surface area (Å²) in [7, 11) is 1.22. The van der Waals surface area contributed by atoms with Gasteiger partial charge in [0.1, 0.15) is 0 Å². The molecule has 1 aliphatic carbocycles. The number of rotatable bonds is 8. The quantitative estimate of drug-likeness (QED) is 0.589. The summed E-state index contributed by atoms with van der Waals surface area (Å²) < 4.78 is 55.0. The van der Waals surface area contributed by atoms with Crippen LogP contribution in [0.2, 0.25) is 0 Å². The predicted molar refractivity (Wildman–Crippen MR) is 110 cm³/mol. The molecule has 1 fully saturated rings. The summed E-state index contributed by atoms with van der Waals surface area (Å²) in [5, 5.41) is 2.90. The molecule has 170 valence electrons. The standard InChI is InChI=1S/C22H22F3N3O4/c1-30-22(29)17-21(26-11-16(27-17)13-5-6-13)28-15-4-2-3-14(12-7-9-31-10-8-12)18(15)32-20(25)19(23)24/h2-4,7,11,13,19-20H,5-6,8-10H2,1H3,(H,26,28). The van der Waals surface area contributed by atoms with E-state index in [1.165, 1.54) is 13.2 Å². The monoisotopic (exact) mass is 449 g/mol. The minimum Gasteiger partial charge on any atom is -0.464 e. The number of anilines is 2. The van der Waals surface area contributed by atoms with Gasteiger partial charge in [0.15, 0.2) is 17.3 Å². The molecule has 0 bridgehead atoms. The van der Waals surface area contributed by atoms with Crippen LogP contribution in [0.5, 0.6) is 5.75 Å². The van der Waals surface area contributed by atoms with Gasteiger partial charge in [-0.2, -0.15) is 4.39 Å². The maximum atomic E-state index is 13.9. The van der Waals surface area contributed by atoms with Crippen molar-refractivity contribution in [2.75, 3.05) is 25.6 Å². The van der Waals surface area contributed by atoms with E-state index in [1.807, 2.05) is 0 Å².